The van der Waals surface area contributed by atoms with Gasteiger partial charge in [-0.05, 0) is 38.3 Å². The number of para-hydroxylation sites is 1. The summed E-state index contributed by atoms with van der Waals surface area (Å²) in [5.74, 6) is 0.146. The Morgan fingerprint density at radius 2 is 2.05 bits per heavy atom. The maximum atomic E-state index is 11.9. The van der Waals surface area contributed by atoms with E-state index in [9.17, 15) is 4.79 Å². The molecule has 1 amide bonds. The molecule has 1 aromatic carbocycles. The first-order valence-corrected chi connectivity index (χ1v) is 7.51. The van der Waals surface area contributed by atoms with Crippen molar-refractivity contribution in [3.8, 4) is 0 Å². The van der Waals surface area contributed by atoms with Gasteiger partial charge >= 0.3 is 0 Å². The summed E-state index contributed by atoms with van der Waals surface area (Å²) in [7, 11) is 0. The Balaban J connectivity index is 2.08. The van der Waals surface area contributed by atoms with Crippen LogP contribution in [0.25, 0.3) is 10.9 Å². The molecular formula is C17H24N2O. The zero-order chi connectivity index (χ0) is 14.5. The highest BCUT2D eigenvalue weighted by Gasteiger charge is 2.10. The molecule has 2 rings (SSSR count). The van der Waals surface area contributed by atoms with Crippen LogP contribution >= 0.6 is 0 Å². The fourth-order valence-electron chi connectivity index (χ4n) is 2.48. The van der Waals surface area contributed by atoms with Gasteiger partial charge in [0.1, 0.15) is 0 Å². The second-order valence-corrected chi connectivity index (χ2v) is 5.33. The van der Waals surface area contributed by atoms with Crippen LogP contribution in [0.15, 0.2) is 30.5 Å². The van der Waals surface area contributed by atoms with Crippen LogP contribution in [0.3, 0.4) is 0 Å². The highest BCUT2D eigenvalue weighted by molar-refractivity contribution is 5.85. The van der Waals surface area contributed by atoms with E-state index < -0.39 is 0 Å². The lowest BCUT2D eigenvalue weighted by Gasteiger charge is -2.10. The van der Waals surface area contributed by atoms with E-state index in [2.05, 4.69) is 54.2 Å². The zero-order valence-electron chi connectivity index (χ0n) is 12.6. The minimum atomic E-state index is 0.146. The Labute approximate surface area is 121 Å². The molecule has 0 aliphatic rings. The Kier molecular flexibility index (Phi) is 4.83. The molecule has 20 heavy (non-hydrogen) atoms. The predicted molar refractivity (Wildman–Crippen MR) is 83.8 cm³/mol. The lowest BCUT2D eigenvalue weighted by molar-refractivity contribution is -0.121. The van der Waals surface area contributed by atoms with Gasteiger partial charge in [-0.15, -0.1) is 0 Å². The molecule has 1 N–H and O–H groups in total. The van der Waals surface area contributed by atoms with Crippen molar-refractivity contribution in [2.45, 2.75) is 52.6 Å². The largest absolute Gasteiger partial charge is 0.354 e. The van der Waals surface area contributed by atoms with Gasteiger partial charge in [-0.25, -0.2) is 0 Å². The Bertz CT molecular complexity index is 586. The van der Waals surface area contributed by atoms with Crippen molar-refractivity contribution in [1.82, 2.24) is 9.88 Å². The van der Waals surface area contributed by atoms with Gasteiger partial charge < -0.3 is 9.88 Å². The van der Waals surface area contributed by atoms with Crippen molar-refractivity contribution in [2.75, 3.05) is 0 Å². The number of amides is 1. The highest BCUT2D eigenvalue weighted by atomic mass is 16.1. The third-order valence-corrected chi connectivity index (χ3v) is 3.85. The van der Waals surface area contributed by atoms with E-state index in [-0.39, 0.29) is 11.9 Å². The van der Waals surface area contributed by atoms with Gasteiger partial charge in [-0.1, -0.05) is 25.1 Å². The van der Waals surface area contributed by atoms with Crippen LogP contribution in [-0.2, 0) is 17.8 Å². The van der Waals surface area contributed by atoms with E-state index >= 15 is 0 Å². The van der Waals surface area contributed by atoms with Crippen LogP contribution < -0.4 is 5.32 Å². The number of fused-ring (bicyclic) bond motifs is 1. The van der Waals surface area contributed by atoms with Gasteiger partial charge in [-0.2, -0.15) is 0 Å². The molecule has 0 saturated heterocycles. The first-order chi connectivity index (χ1) is 9.65. The molecule has 1 unspecified atom stereocenters. The number of hydrogen-bond acceptors (Lipinski definition) is 1. The van der Waals surface area contributed by atoms with E-state index in [1.807, 2.05) is 6.92 Å². The first-order valence-electron chi connectivity index (χ1n) is 7.51. The van der Waals surface area contributed by atoms with E-state index in [1.165, 1.54) is 16.5 Å². The summed E-state index contributed by atoms with van der Waals surface area (Å²) in [6, 6.07) is 8.67. The van der Waals surface area contributed by atoms with Crippen molar-refractivity contribution < 1.29 is 4.79 Å². The van der Waals surface area contributed by atoms with Crippen molar-refractivity contribution in [1.29, 1.82) is 0 Å². The summed E-state index contributed by atoms with van der Waals surface area (Å²) in [6.07, 6.45) is 4.51. The molecule has 3 nitrogen and oxygen atoms in total. The van der Waals surface area contributed by atoms with Gasteiger partial charge in [0.15, 0.2) is 0 Å². The SMILES string of the molecule is CCC(C)NC(=O)CCc1cn(CC)c2ccccc12. The molecule has 1 aromatic heterocycles. The zero-order valence-corrected chi connectivity index (χ0v) is 12.6. The lowest BCUT2D eigenvalue weighted by atomic mass is 10.1. The maximum absolute atomic E-state index is 11.9. The number of benzene rings is 1. The molecule has 108 valence electrons. The van der Waals surface area contributed by atoms with Gasteiger partial charge in [0.2, 0.25) is 5.91 Å². The van der Waals surface area contributed by atoms with Crippen LogP contribution in [0, 0.1) is 0 Å². The molecule has 0 bridgehead atoms. The van der Waals surface area contributed by atoms with Gasteiger partial charge in [0, 0.05) is 36.1 Å². The van der Waals surface area contributed by atoms with Crippen molar-refractivity contribution in [3.63, 3.8) is 0 Å². The molecule has 2 aromatic rings. The Morgan fingerprint density at radius 3 is 2.75 bits per heavy atom. The summed E-state index contributed by atoms with van der Waals surface area (Å²) >= 11 is 0. The number of hydrogen-bond donors (Lipinski definition) is 1. The molecule has 0 fully saturated rings. The van der Waals surface area contributed by atoms with Crippen molar-refractivity contribution in [3.05, 3.63) is 36.0 Å². The molecule has 3 heteroatoms. The fourth-order valence-corrected chi connectivity index (χ4v) is 2.48. The van der Waals surface area contributed by atoms with Gasteiger partial charge in [0.25, 0.3) is 0 Å². The monoisotopic (exact) mass is 272 g/mol. The molecule has 1 atom stereocenters. The molecule has 1 heterocycles. The third-order valence-electron chi connectivity index (χ3n) is 3.85. The number of rotatable bonds is 6. The minimum Gasteiger partial charge on any atom is -0.354 e. The second-order valence-electron chi connectivity index (χ2n) is 5.33. The average Bonchev–Trinajstić information content (AvgIpc) is 2.83. The Morgan fingerprint density at radius 1 is 1.30 bits per heavy atom. The van der Waals surface area contributed by atoms with Crippen molar-refractivity contribution >= 4 is 16.8 Å². The number of aryl methyl sites for hydroxylation is 2. The molecule has 0 aliphatic carbocycles. The summed E-state index contributed by atoms with van der Waals surface area (Å²) in [6.45, 7) is 7.23. The summed E-state index contributed by atoms with van der Waals surface area (Å²) < 4.78 is 2.25. The van der Waals surface area contributed by atoms with Crippen LogP contribution in [0.1, 0.15) is 39.2 Å². The lowest BCUT2D eigenvalue weighted by Crippen LogP contribution is -2.31. The normalized spacial score (nSPS) is 12.6. The maximum Gasteiger partial charge on any atom is 0.220 e. The molecule has 0 aliphatic heterocycles. The van der Waals surface area contributed by atoms with Gasteiger partial charge in [-0.3, -0.25) is 4.79 Å². The Hall–Kier alpha value is -1.77. The number of carbonyl (C=O) groups excluding carboxylic acids is 1. The molecular weight excluding hydrogens is 248 g/mol. The van der Waals surface area contributed by atoms with E-state index in [1.54, 1.807) is 0 Å². The summed E-state index contributed by atoms with van der Waals surface area (Å²) in [5, 5.41) is 4.29. The standard InChI is InChI=1S/C17H24N2O/c1-4-13(3)18-17(20)11-10-14-12-19(5-2)16-9-7-6-8-15(14)16/h6-9,12-13H,4-5,10-11H2,1-3H3,(H,18,20). The predicted octanol–water partition coefficient (Wildman–Crippen LogP) is 3.51. The number of carbonyl (C=O) groups is 1. The topological polar surface area (TPSA) is 34.0 Å². The van der Waals surface area contributed by atoms with E-state index in [0.29, 0.717) is 6.42 Å². The van der Waals surface area contributed by atoms with Crippen LogP contribution in [0.2, 0.25) is 0 Å². The van der Waals surface area contributed by atoms with E-state index in [4.69, 9.17) is 0 Å². The first kappa shape index (κ1) is 14.6. The molecule has 0 radical (unpaired) electrons. The number of nitrogens with zero attached hydrogens (tertiary/aromatic N) is 1. The quantitative estimate of drug-likeness (QED) is 0.858. The second kappa shape index (κ2) is 6.60. The average molecular weight is 272 g/mol. The number of nitrogens with one attached hydrogen (secondary N) is 1. The van der Waals surface area contributed by atoms with E-state index in [0.717, 1.165) is 19.4 Å². The van der Waals surface area contributed by atoms with Gasteiger partial charge in [0.05, 0.1) is 0 Å². The number of aromatic nitrogens is 1. The smallest absolute Gasteiger partial charge is 0.220 e. The third kappa shape index (κ3) is 3.21. The molecule has 0 saturated carbocycles. The van der Waals surface area contributed by atoms with Crippen molar-refractivity contribution in [2.24, 2.45) is 0 Å². The minimum absolute atomic E-state index is 0.146. The highest BCUT2D eigenvalue weighted by Crippen LogP contribution is 2.22. The molecule has 0 spiro atoms. The fraction of sp³-hybridized carbons (Fsp3) is 0.471. The summed E-state index contributed by atoms with van der Waals surface area (Å²) in [4.78, 5) is 11.9. The summed E-state index contributed by atoms with van der Waals surface area (Å²) in [5.41, 5.74) is 2.52. The van der Waals surface area contributed by atoms with Crippen LogP contribution in [-0.4, -0.2) is 16.5 Å². The van der Waals surface area contributed by atoms with Crippen LogP contribution in [0.4, 0.5) is 0 Å². The van der Waals surface area contributed by atoms with Crippen LogP contribution in [0.5, 0.6) is 0 Å².